The normalized spacial score (nSPS) is 13.6. The van der Waals surface area contributed by atoms with Crippen LogP contribution in [-0.4, -0.2) is 41.8 Å². The molecule has 0 saturated heterocycles. The molecular formula is C15H16O6S. The van der Waals surface area contributed by atoms with Crippen molar-refractivity contribution in [2.45, 2.75) is 18.9 Å². The molecule has 0 spiro atoms. The van der Waals surface area contributed by atoms with E-state index >= 15 is 0 Å². The van der Waals surface area contributed by atoms with Gasteiger partial charge in [-0.2, -0.15) is 0 Å². The zero-order valence-electron chi connectivity index (χ0n) is 12.4. The summed E-state index contributed by atoms with van der Waals surface area (Å²) in [5.74, 6) is -0.755. The second-order valence-electron chi connectivity index (χ2n) is 5.03. The first-order valence-electron chi connectivity index (χ1n) is 6.43. The van der Waals surface area contributed by atoms with Crippen LogP contribution in [0.5, 0.6) is 11.5 Å². The topological polar surface area (TPSA) is 93.1 Å². The molecular weight excluding hydrogens is 308 g/mol. The van der Waals surface area contributed by atoms with Crippen molar-refractivity contribution in [3.8, 4) is 11.5 Å². The van der Waals surface area contributed by atoms with Gasteiger partial charge in [0.1, 0.15) is 0 Å². The minimum atomic E-state index is -2.08. The van der Waals surface area contributed by atoms with Crippen molar-refractivity contribution in [2.24, 2.45) is 0 Å². The molecule has 0 saturated carbocycles. The van der Waals surface area contributed by atoms with E-state index in [-0.39, 0.29) is 0 Å². The lowest BCUT2D eigenvalue weighted by molar-refractivity contribution is -0.156. The number of ketones is 1. The molecule has 0 aliphatic heterocycles. The first kappa shape index (κ1) is 16.3. The van der Waals surface area contributed by atoms with Gasteiger partial charge in [0.2, 0.25) is 0 Å². The Morgan fingerprint density at radius 2 is 1.77 bits per heavy atom. The van der Waals surface area contributed by atoms with E-state index in [0.29, 0.717) is 16.4 Å². The second-order valence-corrected chi connectivity index (χ2v) is 6.12. The number of aliphatic hydroxyl groups is 1. The third-order valence-electron chi connectivity index (χ3n) is 3.26. The van der Waals surface area contributed by atoms with Crippen LogP contribution in [0.15, 0.2) is 18.2 Å². The van der Waals surface area contributed by atoms with Gasteiger partial charge in [-0.3, -0.25) is 4.79 Å². The van der Waals surface area contributed by atoms with E-state index in [4.69, 9.17) is 14.6 Å². The highest BCUT2D eigenvalue weighted by Gasteiger charge is 2.33. The lowest BCUT2D eigenvalue weighted by Crippen LogP contribution is -2.37. The number of ether oxygens (including phenoxy) is 2. The van der Waals surface area contributed by atoms with E-state index < -0.39 is 23.8 Å². The van der Waals surface area contributed by atoms with Crippen molar-refractivity contribution in [1.29, 1.82) is 0 Å². The van der Waals surface area contributed by atoms with Gasteiger partial charge in [-0.25, -0.2) is 4.79 Å². The largest absolute Gasteiger partial charge is 0.493 e. The number of hydrogen-bond donors (Lipinski definition) is 2. The van der Waals surface area contributed by atoms with Gasteiger partial charge in [0.25, 0.3) is 0 Å². The molecule has 1 atom stereocenters. The molecule has 1 aromatic carbocycles. The van der Waals surface area contributed by atoms with Gasteiger partial charge in [0, 0.05) is 10.8 Å². The summed E-state index contributed by atoms with van der Waals surface area (Å²) in [7, 11) is 3.04. The molecule has 0 bridgehead atoms. The van der Waals surface area contributed by atoms with Crippen LogP contribution in [0.3, 0.4) is 0 Å². The number of Topliss-reactive ketones (excluding diaryl/α,β-unsaturated/α-hetero) is 1. The maximum Gasteiger partial charge on any atom is 0.335 e. The Bertz CT molecular complexity index is 690. The fourth-order valence-corrected chi connectivity index (χ4v) is 2.99. The van der Waals surface area contributed by atoms with Crippen LogP contribution >= 0.6 is 11.3 Å². The highest BCUT2D eigenvalue weighted by Crippen LogP contribution is 2.37. The molecule has 22 heavy (non-hydrogen) atoms. The van der Waals surface area contributed by atoms with E-state index in [1.54, 1.807) is 18.2 Å². The predicted octanol–water partition coefficient (Wildman–Crippen LogP) is 2.33. The molecule has 118 valence electrons. The number of thiophene rings is 1. The van der Waals surface area contributed by atoms with Crippen molar-refractivity contribution >= 4 is 33.2 Å². The van der Waals surface area contributed by atoms with Crippen LogP contribution in [0.1, 0.15) is 23.0 Å². The monoisotopic (exact) mass is 324 g/mol. The van der Waals surface area contributed by atoms with E-state index in [2.05, 4.69) is 0 Å². The Hall–Kier alpha value is -2.12. The van der Waals surface area contributed by atoms with E-state index in [9.17, 15) is 14.7 Å². The number of carbonyl (C=O) groups excluding carboxylic acids is 1. The third-order valence-corrected chi connectivity index (χ3v) is 4.40. The minimum absolute atomic E-state index is 0.381. The number of fused-ring (bicyclic) bond motifs is 1. The fraction of sp³-hybridized carbons (Fsp3) is 0.333. The molecule has 1 aromatic heterocycles. The maximum atomic E-state index is 12.2. The maximum absolute atomic E-state index is 12.2. The van der Waals surface area contributed by atoms with Crippen molar-refractivity contribution in [3.05, 3.63) is 23.1 Å². The van der Waals surface area contributed by atoms with E-state index in [0.717, 1.165) is 17.0 Å². The summed E-state index contributed by atoms with van der Waals surface area (Å²) in [5, 5.41) is 19.4. The van der Waals surface area contributed by atoms with Crippen LogP contribution in [0.25, 0.3) is 10.1 Å². The SMILES string of the molecule is COc1cc2cc(C(=O)CC(C)(O)C(=O)O)sc2cc1OC. The van der Waals surface area contributed by atoms with Crippen LogP contribution in [-0.2, 0) is 4.79 Å². The number of hydrogen-bond acceptors (Lipinski definition) is 6. The molecule has 2 aromatic rings. The van der Waals surface area contributed by atoms with Gasteiger partial charge >= 0.3 is 5.97 Å². The molecule has 2 rings (SSSR count). The fourth-order valence-electron chi connectivity index (χ4n) is 1.98. The first-order valence-corrected chi connectivity index (χ1v) is 7.24. The Kier molecular flexibility index (Phi) is 4.39. The van der Waals surface area contributed by atoms with E-state index in [1.807, 2.05) is 0 Å². The molecule has 0 fully saturated rings. The summed E-state index contributed by atoms with van der Waals surface area (Å²) in [6.07, 6.45) is -0.483. The lowest BCUT2D eigenvalue weighted by Gasteiger charge is -2.15. The highest BCUT2D eigenvalue weighted by atomic mass is 32.1. The Morgan fingerprint density at radius 1 is 1.18 bits per heavy atom. The van der Waals surface area contributed by atoms with Gasteiger partial charge in [0.15, 0.2) is 22.9 Å². The van der Waals surface area contributed by atoms with Crippen molar-refractivity contribution in [3.63, 3.8) is 0 Å². The van der Waals surface area contributed by atoms with Gasteiger partial charge in [-0.05, 0) is 24.4 Å². The number of carboxylic acids is 1. The number of carbonyl (C=O) groups is 2. The molecule has 7 heteroatoms. The van der Waals surface area contributed by atoms with E-state index in [1.165, 1.54) is 25.6 Å². The Morgan fingerprint density at radius 3 is 2.32 bits per heavy atom. The summed E-state index contributed by atoms with van der Waals surface area (Å²) >= 11 is 1.22. The van der Waals surface area contributed by atoms with Gasteiger partial charge in [-0.15, -0.1) is 11.3 Å². The number of carboxylic acid groups (broad SMARTS) is 1. The average molecular weight is 324 g/mol. The standard InChI is InChI=1S/C15H16O6S/c1-15(19,14(17)18)7-9(16)13-5-8-4-10(20-2)11(21-3)6-12(8)22-13/h4-6,19H,7H2,1-3H3,(H,17,18). The van der Waals surface area contributed by atoms with Crippen molar-refractivity contribution in [1.82, 2.24) is 0 Å². The van der Waals surface area contributed by atoms with Crippen LogP contribution < -0.4 is 9.47 Å². The summed E-state index contributed by atoms with van der Waals surface area (Å²) in [6.45, 7) is 1.10. The smallest absolute Gasteiger partial charge is 0.335 e. The highest BCUT2D eigenvalue weighted by molar-refractivity contribution is 7.20. The molecule has 1 heterocycles. The summed E-state index contributed by atoms with van der Waals surface area (Å²) < 4.78 is 11.2. The number of rotatable bonds is 6. The third kappa shape index (κ3) is 3.05. The van der Waals surface area contributed by atoms with Crippen LogP contribution in [0, 0.1) is 0 Å². The number of aliphatic carboxylic acids is 1. The zero-order chi connectivity index (χ0) is 16.5. The second kappa shape index (κ2) is 5.94. The summed E-state index contributed by atoms with van der Waals surface area (Å²) in [5.41, 5.74) is -2.08. The minimum Gasteiger partial charge on any atom is -0.493 e. The van der Waals surface area contributed by atoms with Crippen LogP contribution in [0.2, 0.25) is 0 Å². The molecule has 0 aliphatic carbocycles. The van der Waals surface area contributed by atoms with Gasteiger partial charge < -0.3 is 19.7 Å². The van der Waals surface area contributed by atoms with Crippen LogP contribution in [0.4, 0.5) is 0 Å². The zero-order valence-corrected chi connectivity index (χ0v) is 13.2. The lowest BCUT2D eigenvalue weighted by atomic mass is 9.99. The molecule has 0 radical (unpaired) electrons. The molecule has 2 N–H and O–H groups in total. The Labute approximate surface area is 130 Å². The predicted molar refractivity (Wildman–Crippen MR) is 82.1 cm³/mol. The van der Waals surface area contributed by atoms with Gasteiger partial charge in [-0.1, -0.05) is 0 Å². The average Bonchev–Trinajstić information content (AvgIpc) is 2.87. The number of methoxy groups -OCH3 is 2. The molecule has 6 nitrogen and oxygen atoms in total. The Balaban J connectivity index is 2.37. The molecule has 1 unspecified atom stereocenters. The van der Waals surface area contributed by atoms with Crippen molar-refractivity contribution < 1.29 is 29.3 Å². The van der Waals surface area contributed by atoms with Crippen molar-refractivity contribution in [2.75, 3.05) is 14.2 Å². The molecule has 0 aliphatic rings. The summed E-state index contributed by atoms with van der Waals surface area (Å²) in [4.78, 5) is 23.4. The van der Waals surface area contributed by atoms with Gasteiger partial charge in [0.05, 0.1) is 25.5 Å². The first-order chi connectivity index (χ1) is 10.3. The quantitative estimate of drug-likeness (QED) is 0.792. The molecule has 0 amide bonds. The number of benzene rings is 1. The summed E-state index contributed by atoms with van der Waals surface area (Å²) in [6, 6.07) is 5.16.